The van der Waals surface area contributed by atoms with Gasteiger partial charge in [-0.05, 0) is 88.6 Å². The number of carboxylic acids is 1. The average molecular weight is 677 g/mol. The van der Waals surface area contributed by atoms with Gasteiger partial charge in [0.2, 0.25) is 5.76 Å². The summed E-state index contributed by atoms with van der Waals surface area (Å²) in [6, 6.07) is 26.6. The molecule has 43 heavy (non-hydrogen) atoms. The Bertz CT molecular complexity index is 1760. The van der Waals surface area contributed by atoms with E-state index in [4.69, 9.17) is 4.42 Å². The molecule has 220 valence electrons. The van der Waals surface area contributed by atoms with Crippen LogP contribution < -0.4 is 9.21 Å². The molecule has 0 saturated carbocycles. The van der Waals surface area contributed by atoms with Crippen LogP contribution in [0, 0.1) is 6.92 Å². The van der Waals surface area contributed by atoms with Crippen LogP contribution >= 0.6 is 39.2 Å². The molecule has 1 fully saturated rings. The fourth-order valence-corrected chi connectivity index (χ4v) is 7.85. The van der Waals surface area contributed by atoms with Gasteiger partial charge in [0.15, 0.2) is 0 Å². The molecule has 2 aromatic heterocycles. The lowest BCUT2D eigenvalue weighted by Crippen LogP contribution is -2.49. The minimum absolute atomic E-state index is 0.0208. The highest BCUT2D eigenvalue weighted by Crippen LogP contribution is 2.38. The topological polar surface area (TPSA) is 77.2 Å². The van der Waals surface area contributed by atoms with E-state index in [1.165, 1.54) is 16.9 Å². The van der Waals surface area contributed by atoms with Gasteiger partial charge in [0.05, 0.1) is 11.4 Å². The zero-order valence-corrected chi connectivity index (χ0v) is 26.8. The van der Waals surface area contributed by atoms with E-state index in [-0.39, 0.29) is 11.7 Å². The van der Waals surface area contributed by atoms with E-state index in [9.17, 15) is 14.7 Å². The van der Waals surface area contributed by atoms with E-state index >= 15 is 0 Å². The van der Waals surface area contributed by atoms with Gasteiger partial charge < -0.3 is 23.6 Å². The van der Waals surface area contributed by atoms with E-state index in [1.54, 1.807) is 18.9 Å². The Balaban J connectivity index is 1.26. The highest BCUT2D eigenvalue weighted by atomic mass is 79.9. The lowest BCUT2D eigenvalue weighted by molar-refractivity contribution is 0.0663. The zero-order valence-electron chi connectivity index (χ0n) is 23.5. The summed E-state index contributed by atoms with van der Waals surface area (Å²) in [5.41, 5.74) is 4.66. The first-order valence-corrected chi connectivity index (χ1v) is 16.5. The van der Waals surface area contributed by atoms with Gasteiger partial charge in [-0.2, -0.15) is 0 Å². The summed E-state index contributed by atoms with van der Waals surface area (Å²) < 4.78 is 8.88. The third kappa shape index (κ3) is 6.32. The van der Waals surface area contributed by atoms with Gasteiger partial charge in [-0.15, -0.1) is 11.3 Å². The third-order valence-electron chi connectivity index (χ3n) is 7.64. The van der Waals surface area contributed by atoms with Gasteiger partial charge in [0, 0.05) is 53.0 Å². The van der Waals surface area contributed by atoms with Crippen LogP contribution in [0.2, 0.25) is 0 Å². The van der Waals surface area contributed by atoms with Gasteiger partial charge in [-0.1, -0.05) is 42.5 Å². The van der Waals surface area contributed by atoms with Crippen molar-refractivity contribution in [3.8, 4) is 0 Å². The van der Waals surface area contributed by atoms with Crippen molar-refractivity contribution in [1.29, 1.82) is 0 Å². The molecule has 1 aliphatic rings. The number of hydrogen-bond donors (Lipinski definition) is 1. The Morgan fingerprint density at radius 1 is 1.00 bits per heavy atom. The number of aromatic carboxylic acids is 1. The molecule has 0 aliphatic carbocycles. The molecule has 1 amide bonds. The number of rotatable bonds is 9. The van der Waals surface area contributed by atoms with Crippen molar-refractivity contribution in [3.05, 3.63) is 110 Å². The maximum Gasteiger partial charge on any atom is 0.372 e. The monoisotopic (exact) mass is 675 g/mol. The number of para-hydroxylation sites is 2. The Labute approximate surface area is 267 Å². The van der Waals surface area contributed by atoms with Gasteiger partial charge >= 0.3 is 5.97 Å². The van der Waals surface area contributed by atoms with Crippen molar-refractivity contribution >= 4 is 73.4 Å². The summed E-state index contributed by atoms with van der Waals surface area (Å²) in [7, 11) is 0. The fraction of sp³-hybridized carbons (Fsp3) is 0.212. The largest absolute Gasteiger partial charge is 0.475 e. The summed E-state index contributed by atoms with van der Waals surface area (Å²) in [5, 5.41) is 12.3. The van der Waals surface area contributed by atoms with Crippen LogP contribution in [0.3, 0.4) is 0 Å². The number of benzene rings is 3. The number of anilines is 2. The van der Waals surface area contributed by atoms with Crippen LogP contribution in [0.25, 0.3) is 11.0 Å². The van der Waals surface area contributed by atoms with Crippen molar-refractivity contribution in [2.24, 2.45) is 0 Å². The molecule has 3 heterocycles. The zero-order chi connectivity index (χ0) is 29.9. The van der Waals surface area contributed by atoms with Gasteiger partial charge in [0.1, 0.15) is 10.5 Å². The molecule has 1 aliphatic heterocycles. The summed E-state index contributed by atoms with van der Waals surface area (Å²) in [6.45, 7) is 5.30. The quantitative estimate of drug-likeness (QED) is 0.159. The van der Waals surface area contributed by atoms with Crippen LogP contribution in [0.15, 0.2) is 98.0 Å². The number of piperazine rings is 1. The molecule has 10 heteroatoms. The van der Waals surface area contributed by atoms with E-state index in [0.29, 0.717) is 24.2 Å². The number of aryl methyl sites for hydroxylation is 1. The third-order valence-corrected chi connectivity index (χ3v) is 10.5. The molecule has 0 unspecified atom stereocenters. The molecule has 5 aromatic rings. The average Bonchev–Trinajstić information content (AvgIpc) is 3.61. The number of carboxylic acid groups (broad SMARTS) is 1. The summed E-state index contributed by atoms with van der Waals surface area (Å²) >= 11 is 6.58. The van der Waals surface area contributed by atoms with Gasteiger partial charge in [-0.3, -0.25) is 4.79 Å². The molecule has 7 nitrogen and oxygen atoms in total. The van der Waals surface area contributed by atoms with Gasteiger partial charge in [0.25, 0.3) is 5.91 Å². The second-order valence-electron chi connectivity index (χ2n) is 10.3. The Hall–Kier alpha value is -3.73. The standard InChI is InChI=1S/C33H30BrN3O4S2/c1-22-25-12-11-24(21-29(25)41-30(22)33(39)40)43-37(15-13-23-7-3-2-4-8-23)28-10-6-5-9-27(28)35-16-18-36(19-17-35)32(38)31-26(34)14-20-42-31/h2-12,14,20-21H,13,15-19H2,1H3,(H,39,40). The molecule has 0 bridgehead atoms. The number of fused-ring (bicyclic) bond motifs is 1. The first-order valence-electron chi connectivity index (χ1n) is 14.0. The molecule has 0 spiro atoms. The summed E-state index contributed by atoms with van der Waals surface area (Å²) in [6.07, 6.45) is 0.853. The predicted molar refractivity (Wildman–Crippen MR) is 178 cm³/mol. The first kappa shape index (κ1) is 29.3. The molecule has 0 atom stereocenters. The SMILES string of the molecule is Cc1c(C(=O)O)oc2cc(SN(CCc3ccccc3)c3ccccc3N3CCN(C(=O)c4sccc4Br)CC3)ccc12. The number of nitrogens with zero attached hydrogens (tertiary/aromatic N) is 3. The molecule has 1 N–H and O–H groups in total. The maximum absolute atomic E-state index is 13.1. The number of carbonyl (C=O) groups excluding carboxylic acids is 1. The Morgan fingerprint density at radius 2 is 1.74 bits per heavy atom. The van der Waals surface area contributed by atoms with Crippen LogP contribution in [0.5, 0.6) is 0 Å². The van der Waals surface area contributed by atoms with Crippen LogP contribution in [-0.2, 0) is 6.42 Å². The van der Waals surface area contributed by atoms with E-state index in [0.717, 1.165) is 57.1 Å². The van der Waals surface area contributed by atoms with Crippen LogP contribution in [0.1, 0.15) is 31.4 Å². The van der Waals surface area contributed by atoms with E-state index in [1.807, 2.05) is 40.6 Å². The molecule has 6 rings (SSSR count). The lowest BCUT2D eigenvalue weighted by Gasteiger charge is -2.38. The molecular weight excluding hydrogens is 646 g/mol. The Morgan fingerprint density at radius 3 is 2.47 bits per heavy atom. The van der Waals surface area contributed by atoms with Crippen molar-refractivity contribution in [1.82, 2.24) is 4.90 Å². The van der Waals surface area contributed by atoms with Crippen molar-refractivity contribution in [3.63, 3.8) is 0 Å². The van der Waals surface area contributed by atoms with Crippen molar-refractivity contribution < 1.29 is 19.1 Å². The first-order chi connectivity index (χ1) is 20.9. The van der Waals surface area contributed by atoms with Crippen molar-refractivity contribution in [2.75, 3.05) is 41.9 Å². The minimum Gasteiger partial charge on any atom is -0.475 e. The molecule has 0 radical (unpaired) electrons. The number of amides is 1. The fourth-order valence-electron chi connectivity index (χ4n) is 5.37. The highest BCUT2D eigenvalue weighted by molar-refractivity contribution is 9.10. The Kier molecular flexibility index (Phi) is 8.78. The second kappa shape index (κ2) is 12.9. The predicted octanol–water partition coefficient (Wildman–Crippen LogP) is 7.98. The van der Waals surface area contributed by atoms with Crippen LogP contribution in [0.4, 0.5) is 11.4 Å². The number of halogens is 1. The van der Waals surface area contributed by atoms with Gasteiger partial charge in [-0.25, -0.2) is 4.79 Å². The molecular formula is C33H30BrN3O4S2. The molecule has 1 saturated heterocycles. The number of carbonyl (C=O) groups is 2. The normalized spacial score (nSPS) is 13.4. The van der Waals surface area contributed by atoms with Crippen LogP contribution in [-0.4, -0.2) is 54.6 Å². The number of hydrogen-bond acceptors (Lipinski definition) is 7. The summed E-state index contributed by atoms with van der Waals surface area (Å²) in [5.74, 6) is -1.01. The highest BCUT2D eigenvalue weighted by Gasteiger charge is 2.26. The second-order valence-corrected chi connectivity index (χ2v) is 13.2. The van der Waals surface area contributed by atoms with Crippen molar-refractivity contribution in [2.45, 2.75) is 18.2 Å². The lowest BCUT2D eigenvalue weighted by atomic mass is 10.1. The molecule has 3 aromatic carbocycles. The number of furan rings is 1. The maximum atomic E-state index is 13.1. The smallest absolute Gasteiger partial charge is 0.372 e. The minimum atomic E-state index is -1.06. The van der Waals surface area contributed by atoms with E-state index in [2.05, 4.69) is 73.7 Å². The number of thiophene rings is 1. The summed E-state index contributed by atoms with van der Waals surface area (Å²) in [4.78, 5) is 30.8. The van der Waals surface area contributed by atoms with E-state index < -0.39 is 5.97 Å².